The summed E-state index contributed by atoms with van der Waals surface area (Å²) in [6.07, 6.45) is 0.313. The summed E-state index contributed by atoms with van der Waals surface area (Å²) in [5.41, 5.74) is 1.07. The Bertz CT molecular complexity index is 942. The van der Waals surface area contributed by atoms with Gasteiger partial charge in [0.15, 0.2) is 5.69 Å². The Balaban J connectivity index is 0.000000345. The molecular weight excluding hydrogens is 401 g/mol. The molecule has 0 aliphatic carbocycles. The summed E-state index contributed by atoms with van der Waals surface area (Å²) in [4.78, 5) is 27.7. The van der Waals surface area contributed by atoms with Crippen LogP contribution in [-0.2, 0) is 11.3 Å². The Kier molecular flexibility index (Phi) is 6.71. The van der Waals surface area contributed by atoms with E-state index in [-0.39, 0.29) is 5.69 Å². The van der Waals surface area contributed by atoms with Gasteiger partial charge in [0.25, 0.3) is 0 Å². The minimum atomic E-state index is -5.08. The third kappa shape index (κ3) is 5.81. The molecule has 0 unspecified atom stereocenters. The van der Waals surface area contributed by atoms with Crippen molar-refractivity contribution < 1.29 is 33.0 Å². The molecule has 0 aliphatic rings. The van der Waals surface area contributed by atoms with Gasteiger partial charge < -0.3 is 20.1 Å². The molecule has 3 N–H and O–H groups in total. The van der Waals surface area contributed by atoms with Crippen molar-refractivity contribution in [3.05, 3.63) is 59.5 Å². The van der Waals surface area contributed by atoms with Gasteiger partial charge in [-0.2, -0.15) is 13.2 Å². The van der Waals surface area contributed by atoms with E-state index in [9.17, 15) is 18.0 Å². The van der Waals surface area contributed by atoms with Gasteiger partial charge in [-0.3, -0.25) is 0 Å². The SMILES string of the molecule is O=C(O)C(F)(F)F.O=C(O)c1ccnc(NCc2ccsc2-n2cccc2)n1. The fourth-order valence-corrected chi connectivity index (χ4v) is 2.79. The van der Waals surface area contributed by atoms with Gasteiger partial charge in [0, 0.05) is 30.7 Å². The van der Waals surface area contributed by atoms with E-state index in [1.807, 2.05) is 40.5 Å². The molecule has 28 heavy (non-hydrogen) atoms. The first-order valence-corrected chi connectivity index (χ1v) is 8.36. The number of hydrogen-bond acceptors (Lipinski definition) is 6. The smallest absolute Gasteiger partial charge is 0.477 e. The molecule has 0 radical (unpaired) electrons. The first-order valence-electron chi connectivity index (χ1n) is 7.48. The Morgan fingerprint density at radius 2 is 1.82 bits per heavy atom. The number of nitrogens with zero attached hydrogens (tertiary/aromatic N) is 3. The molecule has 0 fully saturated rings. The number of aliphatic carboxylic acids is 1. The van der Waals surface area contributed by atoms with Crippen molar-refractivity contribution in [2.75, 3.05) is 5.32 Å². The maximum absolute atomic E-state index is 10.9. The lowest BCUT2D eigenvalue weighted by Crippen LogP contribution is -2.21. The first kappa shape index (κ1) is 20.9. The second-order valence-corrected chi connectivity index (χ2v) is 5.96. The van der Waals surface area contributed by atoms with Crippen LogP contribution >= 0.6 is 11.3 Å². The van der Waals surface area contributed by atoms with Crippen molar-refractivity contribution in [3.8, 4) is 5.00 Å². The maximum atomic E-state index is 10.9. The zero-order valence-corrected chi connectivity index (χ0v) is 14.7. The predicted octanol–water partition coefficient (Wildman–Crippen LogP) is 3.27. The summed E-state index contributed by atoms with van der Waals surface area (Å²) in [5, 5.41) is 22.2. The molecule has 0 aliphatic heterocycles. The Hall–Kier alpha value is -3.41. The van der Waals surface area contributed by atoms with Crippen molar-refractivity contribution >= 4 is 29.2 Å². The highest BCUT2D eigenvalue weighted by Crippen LogP contribution is 2.22. The van der Waals surface area contributed by atoms with Crippen molar-refractivity contribution in [2.45, 2.75) is 12.7 Å². The standard InChI is InChI=1S/C14H12N4O2S.C2HF3O2/c19-13(20)11-3-5-15-14(17-11)16-9-10-4-8-21-12(10)18-6-1-2-7-18;3-2(4,5)1(6)7/h1-8H,9H2,(H,19,20)(H,15,16,17);(H,6,7). The van der Waals surface area contributed by atoms with Gasteiger partial charge in [0.1, 0.15) is 5.00 Å². The van der Waals surface area contributed by atoms with E-state index in [1.165, 1.54) is 12.3 Å². The molecule has 3 rings (SSSR count). The summed E-state index contributed by atoms with van der Waals surface area (Å²) in [6, 6.07) is 7.32. The van der Waals surface area contributed by atoms with Crippen LogP contribution in [0.1, 0.15) is 16.1 Å². The average Bonchev–Trinajstić information content (AvgIpc) is 3.31. The number of nitrogens with one attached hydrogen (secondary N) is 1. The molecule has 3 aromatic rings. The Labute approximate surface area is 159 Å². The molecule has 0 atom stereocenters. The fraction of sp³-hybridized carbons (Fsp3) is 0.125. The topological polar surface area (TPSA) is 117 Å². The van der Waals surface area contributed by atoms with Crippen LogP contribution < -0.4 is 5.32 Å². The van der Waals surface area contributed by atoms with E-state index < -0.39 is 18.1 Å². The van der Waals surface area contributed by atoms with Crippen molar-refractivity contribution in [3.63, 3.8) is 0 Å². The van der Waals surface area contributed by atoms with Crippen molar-refractivity contribution in [1.82, 2.24) is 14.5 Å². The van der Waals surface area contributed by atoms with Gasteiger partial charge in [0.05, 0.1) is 0 Å². The lowest BCUT2D eigenvalue weighted by Gasteiger charge is -2.07. The number of carboxylic acids is 2. The van der Waals surface area contributed by atoms with Gasteiger partial charge in [-0.25, -0.2) is 19.6 Å². The Morgan fingerprint density at radius 3 is 2.39 bits per heavy atom. The monoisotopic (exact) mass is 414 g/mol. The van der Waals surface area contributed by atoms with Crippen LogP contribution in [-0.4, -0.2) is 42.9 Å². The number of hydrogen-bond donors (Lipinski definition) is 3. The van der Waals surface area contributed by atoms with E-state index in [0.29, 0.717) is 12.5 Å². The summed E-state index contributed by atoms with van der Waals surface area (Å²) >= 11 is 1.64. The summed E-state index contributed by atoms with van der Waals surface area (Å²) in [6.45, 7) is 0.528. The highest BCUT2D eigenvalue weighted by Gasteiger charge is 2.38. The number of alkyl halides is 3. The van der Waals surface area contributed by atoms with Crippen LogP contribution in [0.5, 0.6) is 0 Å². The molecular formula is C16H13F3N4O4S. The summed E-state index contributed by atoms with van der Waals surface area (Å²) in [5.74, 6) is -3.52. The lowest BCUT2D eigenvalue weighted by molar-refractivity contribution is -0.192. The average molecular weight is 414 g/mol. The van der Waals surface area contributed by atoms with Gasteiger partial charge >= 0.3 is 18.1 Å². The van der Waals surface area contributed by atoms with Crippen molar-refractivity contribution in [1.29, 1.82) is 0 Å². The van der Waals surface area contributed by atoms with E-state index in [4.69, 9.17) is 15.0 Å². The number of rotatable bonds is 5. The Morgan fingerprint density at radius 1 is 1.18 bits per heavy atom. The number of halogens is 3. The van der Waals surface area contributed by atoms with Crippen LogP contribution in [0.25, 0.3) is 5.00 Å². The number of aromatic nitrogens is 3. The molecule has 148 valence electrons. The normalized spacial score (nSPS) is 10.7. The van der Waals surface area contributed by atoms with E-state index in [1.54, 1.807) is 11.3 Å². The van der Waals surface area contributed by atoms with E-state index in [2.05, 4.69) is 15.3 Å². The van der Waals surface area contributed by atoms with Gasteiger partial charge in [0.2, 0.25) is 5.95 Å². The van der Waals surface area contributed by atoms with E-state index in [0.717, 1.165) is 10.6 Å². The van der Waals surface area contributed by atoms with Gasteiger partial charge in [-0.05, 0) is 29.6 Å². The predicted molar refractivity (Wildman–Crippen MR) is 93.7 cm³/mol. The van der Waals surface area contributed by atoms with Crippen LogP contribution in [0.4, 0.5) is 19.1 Å². The second-order valence-electron chi connectivity index (χ2n) is 5.07. The zero-order valence-electron chi connectivity index (χ0n) is 13.9. The maximum Gasteiger partial charge on any atom is 0.490 e. The summed E-state index contributed by atoms with van der Waals surface area (Å²) in [7, 11) is 0. The molecule has 0 saturated carbocycles. The molecule has 0 bridgehead atoms. The highest BCUT2D eigenvalue weighted by atomic mass is 32.1. The molecule has 12 heteroatoms. The fourth-order valence-electron chi connectivity index (χ4n) is 1.90. The molecule has 0 saturated heterocycles. The minimum Gasteiger partial charge on any atom is -0.477 e. The van der Waals surface area contributed by atoms with Crippen LogP contribution in [0, 0.1) is 0 Å². The third-order valence-corrected chi connectivity index (χ3v) is 4.09. The largest absolute Gasteiger partial charge is 0.490 e. The lowest BCUT2D eigenvalue weighted by atomic mass is 10.3. The second kappa shape index (κ2) is 8.99. The van der Waals surface area contributed by atoms with Crippen LogP contribution in [0.15, 0.2) is 48.2 Å². The highest BCUT2D eigenvalue weighted by molar-refractivity contribution is 7.12. The van der Waals surface area contributed by atoms with Crippen LogP contribution in [0.2, 0.25) is 0 Å². The molecule has 3 aromatic heterocycles. The molecule has 0 spiro atoms. The number of carbonyl (C=O) groups is 2. The van der Waals surface area contributed by atoms with Crippen LogP contribution in [0.3, 0.4) is 0 Å². The zero-order chi connectivity index (χ0) is 20.7. The molecule has 8 nitrogen and oxygen atoms in total. The van der Waals surface area contributed by atoms with Crippen molar-refractivity contribution in [2.24, 2.45) is 0 Å². The van der Waals surface area contributed by atoms with E-state index >= 15 is 0 Å². The third-order valence-electron chi connectivity index (χ3n) is 3.12. The first-order chi connectivity index (χ1) is 13.2. The quantitative estimate of drug-likeness (QED) is 0.587. The molecule has 3 heterocycles. The number of aromatic carboxylic acids is 1. The number of thiophene rings is 1. The molecule has 0 amide bonds. The number of carboxylic acid groups (broad SMARTS) is 2. The van der Waals surface area contributed by atoms with Gasteiger partial charge in [-0.15, -0.1) is 11.3 Å². The summed E-state index contributed by atoms with van der Waals surface area (Å²) < 4.78 is 33.8. The minimum absolute atomic E-state index is 0.0246. The van der Waals surface area contributed by atoms with Gasteiger partial charge in [-0.1, -0.05) is 0 Å². The number of anilines is 1. The molecule has 0 aromatic carbocycles.